The van der Waals surface area contributed by atoms with Gasteiger partial charge in [0.15, 0.2) is 17.5 Å². The molecular formula is C100H139F5N14O5. The molecule has 19 nitrogen and oxygen atoms in total. The molecule has 0 radical (unpaired) electrons. The van der Waals surface area contributed by atoms with Gasteiger partial charge >= 0.3 is 0 Å². The number of methoxy groups -OCH3 is 5. The molecule has 0 fully saturated rings. The van der Waals surface area contributed by atoms with E-state index in [2.05, 4.69) is 277 Å². The summed E-state index contributed by atoms with van der Waals surface area (Å²) in [7, 11) is 37.3. The Bertz CT molecular complexity index is 5710. The second kappa shape index (κ2) is 45.0. The molecule has 7 atom stereocenters. The third kappa shape index (κ3) is 25.3. The number of aromatic nitrogens is 7. The summed E-state index contributed by atoms with van der Waals surface area (Å²) in [5.41, 5.74) is 12.6. The molecule has 0 saturated carbocycles. The van der Waals surface area contributed by atoms with Gasteiger partial charge in [0.25, 0.3) is 0 Å². The maximum absolute atomic E-state index is 13.8. The Morgan fingerprint density at radius 1 is 0.290 bits per heavy atom. The Hall–Kier alpha value is -10.3. The monoisotopic (exact) mass is 1710 g/mol. The van der Waals surface area contributed by atoms with E-state index >= 15 is 0 Å². The second-order valence-corrected chi connectivity index (χ2v) is 34.6. The molecule has 7 heterocycles. The SMILES string of the molecule is COc1c(F)ccc2c1ccn2C[C@@H](C)N(C)C.COc1cc2ccn(C[C@@H](C)N(C)C)c2cc1C.COc1ccc2c(c1)c(C)cn2C[C@@H](C)N(C)C.COc1ccc2c(c1)cc(C)n2C[C@@H](C)N(C)C.COc1ccc2c(ccn2C[C@@H](C)N(C)C)c1C.C[C@H](Cn1c(F)cc2cc(F)ccc21)N(C)C.C[C@H](Cn1cc(F)c2cc(F)ccc21)N(C)C. The van der Waals surface area contributed by atoms with Crippen molar-refractivity contribution in [3.63, 3.8) is 0 Å². The van der Waals surface area contributed by atoms with E-state index in [-0.39, 0.29) is 35.5 Å². The van der Waals surface area contributed by atoms with Crippen LogP contribution in [0.5, 0.6) is 28.7 Å². The highest BCUT2D eigenvalue weighted by molar-refractivity contribution is 5.89. The number of halogens is 5. The van der Waals surface area contributed by atoms with Crippen LogP contribution in [0.25, 0.3) is 76.3 Å². The van der Waals surface area contributed by atoms with Crippen molar-refractivity contribution in [3.8, 4) is 28.7 Å². The van der Waals surface area contributed by atoms with Gasteiger partial charge in [-0.3, -0.25) is 0 Å². The first kappa shape index (κ1) is 99.1. The maximum atomic E-state index is 13.8. The lowest BCUT2D eigenvalue weighted by molar-refractivity contribution is 0.276. The van der Waals surface area contributed by atoms with Crippen LogP contribution in [0.15, 0.2) is 171 Å². The van der Waals surface area contributed by atoms with Crippen molar-refractivity contribution >= 4 is 76.3 Å². The zero-order valence-electron chi connectivity index (χ0n) is 79.3. The Labute approximate surface area is 733 Å². The molecule has 14 aromatic rings. The minimum absolute atomic E-state index is 0.213. The molecule has 0 N–H and O–H groups in total. The topological polar surface area (TPSA) is 103 Å². The molecule has 0 saturated heterocycles. The molecule has 0 aliphatic carbocycles. The molecule has 14 rings (SSSR count). The molecule has 0 aliphatic rings. The third-order valence-corrected chi connectivity index (χ3v) is 24.3. The zero-order chi connectivity index (χ0) is 91.6. The smallest absolute Gasteiger partial charge is 0.194 e. The standard InChI is InChI=1S/4C15H22N2O.C14H19FN2O.2C13H16F2N2/c1-11-9-17(10-12(2)16(3)4)15-7-6-13(18-5)8-14(11)15;1-11-8-13-9-14(18-5)6-7-15(13)17(11)10-12(2)16(3)4;1-11-8-14-13(9-15(11)18-5)6-7-17(14)10-12(2)16(3)4;1-11(16(3)4)10-17-9-8-13-12(2)15(18-5)7-6-14(13)17;1-10(16(2)3)9-17-8-7-11-13(17)6-5-12(15)14(11)18-4;1-9(16(2)3)8-17-12-5-4-11(14)6-10(12)7-13(17)15;1-9(16(2)3)7-17-8-12(15)11-6-10(14)4-5-13(11)17/h3*6-9,12H,10H2,1-5H3;6-9,11H,10H2,1-5H3;5-8,10H,9H2,1-4H3;4-7,9H,8H2,1-3H3;4-6,8-9H,7H2,1-3H3/t3*12-;11-;10-;2*9-/m1111111/s1. The summed E-state index contributed by atoms with van der Waals surface area (Å²) < 4.78 is 108. The first-order valence-corrected chi connectivity index (χ1v) is 42.5. The predicted molar refractivity (Wildman–Crippen MR) is 507 cm³/mol. The van der Waals surface area contributed by atoms with Crippen molar-refractivity contribution in [1.29, 1.82) is 0 Å². The lowest BCUT2D eigenvalue weighted by Crippen LogP contribution is -2.29. The molecular weight excluding hydrogens is 1570 g/mol. The van der Waals surface area contributed by atoms with Crippen LogP contribution in [0.4, 0.5) is 22.0 Å². The van der Waals surface area contributed by atoms with Crippen molar-refractivity contribution in [2.45, 2.75) is 164 Å². The molecule has 0 spiro atoms. The Balaban J connectivity index is 0.000000179. The lowest BCUT2D eigenvalue weighted by Gasteiger charge is -2.21. The van der Waals surface area contributed by atoms with Gasteiger partial charge in [0.2, 0.25) is 0 Å². The fourth-order valence-corrected chi connectivity index (χ4v) is 14.4. The molecule has 7 aromatic heterocycles. The first-order valence-electron chi connectivity index (χ1n) is 42.5. The number of likely N-dealkylation sites (N-methyl/N-ethyl adjacent to an activating group) is 7. The first-order chi connectivity index (χ1) is 58.6. The summed E-state index contributed by atoms with van der Waals surface area (Å²) in [5, 5.41) is 6.81. The highest BCUT2D eigenvalue weighted by Gasteiger charge is 2.20. The molecule has 24 heteroatoms. The van der Waals surface area contributed by atoms with Gasteiger partial charge in [-0.25, -0.2) is 17.6 Å². The highest BCUT2D eigenvalue weighted by atomic mass is 19.1. The van der Waals surface area contributed by atoms with Gasteiger partial charge in [-0.2, -0.15) is 4.39 Å². The van der Waals surface area contributed by atoms with E-state index in [9.17, 15) is 22.0 Å². The number of aryl methyl sites for hydroxylation is 4. The van der Waals surface area contributed by atoms with Crippen LogP contribution in [-0.2, 0) is 45.8 Å². The Morgan fingerprint density at radius 3 is 1.22 bits per heavy atom. The molecule has 124 heavy (non-hydrogen) atoms. The minimum Gasteiger partial charge on any atom is -0.497 e. The van der Waals surface area contributed by atoms with Gasteiger partial charge in [-0.15, -0.1) is 0 Å². The van der Waals surface area contributed by atoms with Crippen molar-refractivity contribution in [2.75, 3.05) is 134 Å². The van der Waals surface area contributed by atoms with Crippen LogP contribution in [0.1, 0.15) is 70.9 Å². The van der Waals surface area contributed by atoms with E-state index < -0.39 is 5.82 Å². The van der Waals surface area contributed by atoms with Crippen molar-refractivity contribution in [2.24, 2.45) is 0 Å². The summed E-state index contributed by atoms with van der Waals surface area (Å²) in [4.78, 5) is 15.2. The highest BCUT2D eigenvalue weighted by Crippen LogP contribution is 2.34. The number of ether oxygens (including phenoxy) is 5. The predicted octanol–water partition coefficient (Wildman–Crippen LogP) is 20.1. The normalized spacial score (nSPS) is 13.3. The van der Waals surface area contributed by atoms with Crippen LogP contribution in [0.3, 0.4) is 0 Å². The van der Waals surface area contributed by atoms with Gasteiger partial charge in [0.05, 0.1) is 52.1 Å². The summed E-state index contributed by atoms with van der Waals surface area (Å²) >= 11 is 0. The average Bonchev–Trinajstić information content (AvgIpc) is 1.55. The minimum atomic E-state index is -0.408. The number of hydrogen-bond donors (Lipinski definition) is 0. The molecule has 7 aromatic carbocycles. The Kier molecular flexibility index (Phi) is 36.0. The largest absolute Gasteiger partial charge is 0.497 e. The summed E-state index contributed by atoms with van der Waals surface area (Å²) in [6.07, 6.45) is 9.96. The number of benzene rings is 7. The molecule has 674 valence electrons. The van der Waals surface area contributed by atoms with Crippen LogP contribution in [0, 0.1) is 56.9 Å². The second-order valence-electron chi connectivity index (χ2n) is 34.6. The van der Waals surface area contributed by atoms with Crippen LogP contribution < -0.4 is 23.7 Å². The van der Waals surface area contributed by atoms with Crippen molar-refractivity contribution < 1.29 is 45.6 Å². The molecule has 0 amide bonds. The average molecular weight is 1710 g/mol. The fraction of sp³-hybridized carbons (Fsp3) is 0.440. The Morgan fingerprint density at radius 2 is 0.694 bits per heavy atom. The van der Waals surface area contributed by atoms with Gasteiger partial charge in [-0.05, 0) is 319 Å². The number of hydrogen-bond acceptors (Lipinski definition) is 12. The van der Waals surface area contributed by atoms with Gasteiger partial charge in [0.1, 0.15) is 40.4 Å². The molecule has 0 bridgehead atoms. The summed E-state index contributed by atoms with van der Waals surface area (Å²) in [5.74, 6) is 2.33. The van der Waals surface area contributed by atoms with Gasteiger partial charge < -0.3 is 90.0 Å². The van der Waals surface area contributed by atoms with Crippen LogP contribution in [-0.4, -0.2) is 243 Å². The maximum Gasteiger partial charge on any atom is 0.194 e. The van der Waals surface area contributed by atoms with Gasteiger partial charge in [0, 0.05) is 196 Å². The number of nitrogens with zero attached hydrogens (tertiary/aromatic N) is 14. The van der Waals surface area contributed by atoms with Gasteiger partial charge in [-0.1, -0.05) is 0 Å². The summed E-state index contributed by atoms with van der Waals surface area (Å²) in [6.45, 7) is 29.8. The van der Waals surface area contributed by atoms with Crippen LogP contribution >= 0.6 is 0 Å². The van der Waals surface area contributed by atoms with E-state index in [0.717, 1.165) is 77.7 Å². The molecule has 0 unspecified atom stereocenters. The van der Waals surface area contributed by atoms with E-state index in [1.165, 1.54) is 116 Å². The lowest BCUT2D eigenvalue weighted by atomic mass is 10.1. The summed E-state index contributed by atoms with van der Waals surface area (Å²) in [6, 6.07) is 45.7. The molecule has 0 aliphatic heterocycles. The fourth-order valence-electron chi connectivity index (χ4n) is 14.4. The van der Waals surface area contributed by atoms with Crippen molar-refractivity contribution in [1.82, 2.24) is 66.3 Å². The van der Waals surface area contributed by atoms with Crippen LogP contribution in [0.2, 0.25) is 0 Å². The van der Waals surface area contributed by atoms with E-state index in [1.807, 2.05) is 69.0 Å². The van der Waals surface area contributed by atoms with E-state index in [1.54, 1.807) is 51.2 Å². The van der Waals surface area contributed by atoms with E-state index in [0.29, 0.717) is 59.8 Å². The quantitative estimate of drug-likeness (QED) is 0.0482. The number of rotatable bonds is 26. The van der Waals surface area contributed by atoms with Crippen molar-refractivity contribution in [3.05, 3.63) is 222 Å². The number of fused-ring (bicyclic) bond motifs is 7. The van der Waals surface area contributed by atoms with E-state index in [4.69, 9.17) is 23.7 Å². The third-order valence-electron chi connectivity index (χ3n) is 24.3. The zero-order valence-corrected chi connectivity index (χ0v) is 79.3.